The maximum absolute atomic E-state index is 12.2. The summed E-state index contributed by atoms with van der Waals surface area (Å²) in [5.74, 6) is 0.167. The van der Waals surface area contributed by atoms with E-state index in [4.69, 9.17) is 4.74 Å². The van der Waals surface area contributed by atoms with Crippen LogP contribution in [-0.2, 0) is 6.54 Å². The van der Waals surface area contributed by atoms with Crippen molar-refractivity contribution in [2.75, 3.05) is 11.9 Å². The molecule has 1 N–H and O–H groups in total. The summed E-state index contributed by atoms with van der Waals surface area (Å²) >= 11 is 0. The van der Waals surface area contributed by atoms with Crippen LogP contribution >= 0.6 is 0 Å². The van der Waals surface area contributed by atoms with E-state index in [1.165, 1.54) is 6.07 Å². The number of hydrogen-bond acceptors (Lipinski definition) is 3. The van der Waals surface area contributed by atoms with Crippen molar-refractivity contribution in [1.29, 1.82) is 0 Å². The third-order valence-electron chi connectivity index (χ3n) is 2.46. The molecule has 0 spiro atoms. The van der Waals surface area contributed by atoms with Crippen LogP contribution in [0.15, 0.2) is 48.7 Å². The summed E-state index contributed by atoms with van der Waals surface area (Å²) in [6, 6.07) is 12.0. The van der Waals surface area contributed by atoms with Crippen LogP contribution in [0.1, 0.15) is 5.69 Å². The SMILES string of the molecule is FC(F)(F)COc1ccccc1NCc1ccccn1. The zero-order chi connectivity index (χ0) is 14.4. The maximum atomic E-state index is 12.2. The van der Waals surface area contributed by atoms with Crippen LogP contribution in [0.4, 0.5) is 18.9 Å². The maximum Gasteiger partial charge on any atom is 0.422 e. The van der Waals surface area contributed by atoms with Gasteiger partial charge in [-0.15, -0.1) is 0 Å². The van der Waals surface area contributed by atoms with Crippen molar-refractivity contribution < 1.29 is 17.9 Å². The molecule has 0 amide bonds. The Bertz CT molecular complexity index is 544. The van der Waals surface area contributed by atoms with Gasteiger partial charge in [-0.05, 0) is 24.3 Å². The van der Waals surface area contributed by atoms with Gasteiger partial charge in [-0.2, -0.15) is 13.2 Å². The Morgan fingerprint density at radius 1 is 1.05 bits per heavy atom. The smallest absolute Gasteiger partial charge is 0.422 e. The molecule has 6 heteroatoms. The van der Waals surface area contributed by atoms with Crippen LogP contribution in [0.25, 0.3) is 0 Å². The highest BCUT2D eigenvalue weighted by molar-refractivity contribution is 5.56. The molecule has 0 radical (unpaired) electrons. The van der Waals surface area contributed by atoms with Crippen LogP contribution < -0.4 is 10.1 Å². The monoisotopic (exact) mass is 282 g/mol. The molecule has 0 fully saturated rings. The van der Waals surface area contributed by atoms with E-state index < -0.39 is 12.8 Å². The van der Waals surface area contributed by atoms with E-state index in [0.29, 0.717) is 12.2 Å². The standard InChI is InChI=1S/C14H13F3N2O/c15-14(16,17)10-20-13-7-2-1-6-12(13)19-9-11-5-3-4-8-18-11/h1-8,19H,9-10H2. The van der Waals surface area contributed by atoms with E-state index in [1.54, 1.807) is 30.5 Å². The predicted octanol–water partition coefficient (Wildman–Crippen LogP) is 3.63. The summed E-state index contributed by atoms with van der Waals surface area (Å²) in [7, 11) is 0. The highest BCUT2D eigenvalue weighted by Gasteiger charge is 2.28. The molecule has 0 atom stereocenters. The number of alkyl halides is 3. The third-order valence-corrected chi connectivity index (χ3v) is 2.46. The Morgan fingerprint density at radius 2 is 1.80 bits per heavy atom. The first kappa shape index (κ1) is 14.2. The summed E-state index contributed by atoms with van der Waals surface area (Å²) in [6.45, 7) is -0.900. The van der Waals surface area contributed by atoms with Gasteiger partial charge in [-0.1, -0.05) is 18.2 Å². The molecule has 2 rings (SSSR count). The zero-order valence-electron chi connectivity index (χ0n) is 10.5. The molecule has 0 bridgehead atoms. The first-order valence-electron chi connectivity index (χ1n) is 5.97. The molecule has 106 valence electrons. The molecule has 2 aromatic rings. The van der Waals surface area contributed by atoms with Gasteiger partial charge < -0.3 is 10.1 Å². The normalized spacial score (nSPS) is 11.2. The number of aromatic nitrogens is 1. The number of para-hydroxylation sites is 2. The van der Waals surface area contributed by atoms with E-state index in [1.807, 2.05) is 12.1 Å². The average molecular weight is 282 g/mol. The van der Waals surface area contributed by atoms with Crippen molar-refractivity contribution in [1.82, 2.24) is 4.98 Å². The molecule has 0 saturated carbocycles. The van der Waals surface area contributed by atoms with Gasteiger partial charge in [0.1, 0.15) is 5.75 Å². The largest absolute Gasteiger partial charge is 0.482 e. The Balaban J connectivity index is 2.01. The predicted molar refractivity (Wildman–Crippen MR) is 69.6 cm³/mol. The number of ether oxygens (including phenoxy) is 1. The highest BCUT2D eigenvalue weighted by atomic mass is 19.4. The minimum absolute atomic E-state index is 0.167. The molecule has 1 heterocycles. The van der Waals surface area contributed by atoms with Crippen LogP contribution in [0.5, 0.6) is 5.75 Å². The second kappa shape index (κ2) is 6.27. The molecule has 3 nitrogen and oxygen atoms in total. The third kappa shape index (κ3) is 4.46. The fourth-order valence-electron chi connectivity index (χ4n) is 1.59. The Kier molecular flexibility index (Phi) is 4.45. The molecule has 20 heavy (non-hydrogen) atoms. The fraction of sp³-hybridized carbons (Fsp3) is 0.214. The number of pyridine rings is 1. The first-order valence-corrected chi connectivity index (χ1v) is 5.97. The number of hydrogen-bond donors (Lipinski definition) is 1. The Morgan fingerprint density at radius 3 is 2.50 bits per heavy atom. The minimum atomic E-state index is -4.35. The van der Waals surface area contributed by atoms with Gasteiger partial charge >= 0.3 is 6.18 Å². The second-order valence-corrected chi connectivity index (χ2v) is 4.07. The molecule has 0 aliphatic rings. The summed E-state index contributed by atoms with van der Waals surface area (Å²) in [6.07, 6.45) is -2.70. The topological polar surface area (TPSA) is 34.1 Å². The van der Waals surface area contributed by atoms with Crippen molar-refractivity contribution in [3.05, 3.63) is 54.4 Å². The number of rotatable bonds is 5. The fourth-order valence-corrected chi connectivity index (χ4v) is 1.59. The summed E-state index contributed by atoms with van der Waals surface area (Å²) in [5.41, 5.74) is 1.29. The van der Waals surface area contributed by atoms with Gasteiger partial charge in [0.05, 0.1) is 17.9 Å². The van der Waals surface area contributed by atoms with Crippen molar-refractivity contribution >= 4 is 5.69 Å². The Labute approximate surface area is 114 Å². The lowest BCUT2D eigenvalue weighted by atomic mass is 10.2. The second-order valence-electron chi connectivity index (χ2n) is 4.07. The quantitative estimate of drug-likeness (QED) is 0.909. The summed E-state index contributed by atoms with van der Waals surface area (Å²) < 4.78 is 41.3. The van der Waals surface area contributed by atoms with E-state index in [-0.39, 0.29) is 5.75 Å². The number of halogens is 3. The number of nitrogens with one attached hydrogen (secondary N) is 1. The van der Waals surface area contributed by atoms with Crippen molar-refractivity contribution in [3.63, 3.8) is 0 Å². The molecule has 0 unspecified atom stereocenters. The van der Waals surface area contributed by atoms with Crippen LogP contribution in [0.2, 0.25) is 0 Å². The number of nitrogens with zero attached hydrogens (tertiary/aromatic N) is 1. The number of benzene rings is 1. The molecule has 1 aromatic heterocycles. The lowest BCUT2D eigenvalue weighted by Gasteiger charge is -2.14. The first-order chi connectivity index (χ1) is 9.54. The van der Waals surface area contributed by atoms with Crippen LogP contribution in [0, 0.1) is 0 Å². The highest BCUT2D eigenvalue weighted by Crippen LogP contribution is 2.26. The van der Waals surface area contributed by atoms with Gasteiger partial charge in [0.15, 0.2) is 6.61 Å². The van der Waals surface area contributed by atoms with Gasteiger partial charge in [-0.3, -0.25) is 4.98 Å². The lowest BCUT2D eigenvalue weighted by Crippen LogP contribution is -2.19. The van der Waals surface area contributed by atoms with Gasteiger partial charge in [-0.25, -0.2) is 0 Å². The minimum Gasteiger partial charge on any atom is -0.482 e. The molecule has 0 saturated heterocycles. The van der Waals surface area contributed by atoms with E-state index in [0.717, 1.165) is 5.69 Å². The average Bonchev–Trinajstić information content (AvgIpc) is 2.44. The van der Waals surface area contributed by atoms with Crippen LogP contribution in [-0.4, -0.2) is 17.8 Å². The lowest BCUT2D eigenvalue weighted by molar-refractivity contribution is -0.153. The van der Waals surface area contributed by atoms with Gasteiger partial charge in [0, 0.05) is 6.20 Å². The van der Waals surface area contributed by atoms with Crippen LogP contribution in [0.3, 0.4) is 0 Å². The van der Waals surface area contributed by atoms with Crippen molar-refractivity contribution in [2.45, 2.75) is 12.7 Å². The molecule has 1 aromatic carbocycles. The Hall–Kier alpha value is -2.24. The number of anilines is 1. The van der Waals surface area contributed by atoms with E-state index >= 15 is 0 Å². The van der Waals surface area contributed by atoms with Crippen molar-refractivity contribution in [3.8, 4) is 5.75 Å². The van der Waals surface area contributed by atoms with Gasteiger partial charge in [0.25, 0.3) is 0 Å². The van der Waals surface area contributed by atoms with E-state index in [2.05, 4.69) is 10.3 Å². The van der Waals surface area contributed by atoms with Crippen molar-refractivity contribution in [2.24, 2.45) is 0 Å². The van der Waals surface area contributed by atoms with Gasteiger partial charge in [0.2, 0.25) is 0 Å². The van der Waals surface area contributed by atoms with E-state index in [9.17, 15) is 13.2 Å². The molecule has 0 aliphatic carbocycles. The summed E-state index contributed by atoms with van der Waals surface area (Å²) in [5, 5.41) is 3.01. The zero-order valence-corrected chi connectivity index (χ0v) is 10.5. The summed E-state index contributed by atoms with van der Waals surface area (Å²) in [4.78, 5) is 4.13. The molecule has 0 aliphatic heterocycles. The molecular formula is C14H13F3N2O. The molecular weight excluding hydrogens is 269 g/mol.